The van der Waals surface area contributed by atoms with Crippen LogP contribution in [0.5, 0.6) is 5.75 Å². The summed E-state index contributed by atoms with van der Waals surface area (Å²) < 4.78 is 5.36. The standard InChI is InChI=1S/C25H22ClN5O3/c1-5-15-6-11-21(28-14-15)29-25(33)19-12-18(26)13-20(34-4)22(19)30-24(32)17-9-7-16(8-10-17)23(27)31(2)3/h1,6-14,27H,2-4H3,(H,30,32)(H,28,29,33). The van der Waals surface area contributed by atoms with E-state index in [-0.39, 0.29) is 27.8 Å². The van der Waals surface area contributed by atoms with Crippen LogP contribution in [0.2, 0.25) is 5.02 Å². The van der Waals surface area contributed by atoms with E-state index in [1.807, 2.05) is 0 Å². The number of pyridine rings is 1. The highest BCUT2D eigenvalue weighted by atomic mass is 35.5. The van der Waals surface area contributed by atoms with Crippen molar-refractivity contribution in [2.45, 2.75) is 0 Å². The number of nitrogens with zero attached hydrogens (tertiary/aromatic N) is 2. The number of nitrogens with one attached hydrogen (secondary N) is 3. The highest BCUT2D eigenvalue weighted by Gasteiger charge is 2.21. The first kappa shape index (κ1) is 24.3. The van der Waals surface area contributed by atoms with Gasteiger partial charge in [0.1, 0.15) is 17.4 Å². The molecule has 3 aromatic rings. The third kappa shape index (κ3) is 5.52. The van der Waals surface area contributed by atoms with Crippen LogP contribution in [0.25, 0.3) is 0 Å². The number of aromatic nitrogens is 1. The fourth-order valence-corrected chi connectivity index (χ4v) is 3.22. The second kappa shape index (κ2) is 10.5. The lowest BCUT2D eigenvalue weighted by molar-refractivity contribution is 0.102. The van der Waals surface area contributed by atoms with Gasteiger partial charge in [0.2, 0.25) is 0 Å². The number of amidine groups is 1. The molecule has 2 aromatic carbocycles. The Morgan fingerprint density at radius 1 is 1.06 bits per heavy atom. The molecule has 8 nitrogen and oxygen atoms in total. The second-order valence-corrected chi connectivity index (χ2v) is 7.77. The van der Waals surface area contributed by atoms with E-state index in [0.717, 1.165) is 0 Å². The summed E-state index contributed by atoms with van der Waals surface area (Å²) in [5, 5.41) is 13.7. The molecule has 3 N–H and O–H groups in total. The van der Waals surface area contributed by atoms with Gasteiger partial charge in [-0.2, -0.15) is 0 Å². The number of anilines is 2. The van der Waals surface area contributed by atoms with Crippen molar-refractivity contribution in [2.24, 2.45) is 0 Å². The minimum absolute atomic E-state index is 0.0894. The van der Waals surface area contributed by atoms with Crippen LogP contribution in [0.4, 0.5) is 11.5 Å². The second-order valence-electron chi connectivity index (χ2n) is 7.34. The summed E-state index contributed by atoms with van der Waals surface area (Å²) in [6, 6.07) is 12.7. The molecule has 0 spiro atoms. The predicted octanol–water partition coefficient (Wildman–Crippen LogP) is 4.12. The van der Waals surface area contributed by atoms with E-state index in [1.54, 1.807) is 55.4 Å². The molecule has 1 heterocycles. The highest BCUT2D eigenvalue weighted by molar-refractivity contribution is 6.31. The van der Waals surface area contributed by atoms with Crippen LogP contribution in [0.3, 0.4) is 0 Å². The first-order chi connectivity index (χ1) is 16.2. The molecular formula is C25H22ClN5O3. The lowest BCUT2D eigenvalue weighted by Gasteiger charge is -2.16. The van der Waals surface area contributed by atoms with Crippen molar-refractivity contribution < 1.29 is 14.3 Å². The summed E-state index contributed by atoms with van der Waals surface area (Å²) in [7, 11) is 4.94. The third-order valence-corrected chi connectivity index (χ3v) is 5.03. The summed E-state index contributed by atoms with van der Waals surface area (Å²) in [4.78, 5) is 31.8. The Hall–Kier alpha value is -4.35. The number of amides is 2. The average Bonchev–Trinajstić information content (AvgIpc) is 2.84. The van der Waals surface area contributed by atoms with Crippen LogP contribution in [-0.4, -0.2) is 48.7 Å². The van der Waals surface area contributed by atoms with Crippen molar-refractivity contribution in [1.29, 1.82) is 5.41 Å². The lowest BCUT2D eigenvalue weighted by Crippen LogP contribution is -2.22. The number of hydrogen-bond donors (Lipinski definition) is 3. The molecule has 0 aliphatic rings. The molecule has 0 saturated carbocycles. The van der Waals surface area contributed by atoms with Crippen LogP contribution in [0, 0.1) is 17.8 Å². The number of carbonyl (C=O) groups is 2. The van der Waals surface area contributed by atoms with E-state index in [2.05, 4.69) is 21.5 Å². The topological polar surface area (TPSA) is 107 Å². The maximum Gasteiger partial charge on any atom is 0.259 e. The maximum atomic E-state index is 13.0. The molecule has 2 amide bonds. The van der Waals surface area contributed by atoms with Crippen LogP contribution >= 0.6 is 11.6 Å². The minimum Gasteiger partial charge on any atom is -0.494 e. The van der Waals surface area contributed by atoms with Gasteiger partial charge < -0.3 is 20.3 Å². The zero-order valence-electron chi connectivity index (χ0n) is 18.8. The summed E-state index contributed by atoms with van der Waals surface area (Å²) in [6.45, 7) is 0. The Morgan fingerprint density at radius 2 is 1.74 bits per heavy atom. The molecular weight excluding hydrogens is 454 g/mol. The average molecular weight is 476 g/mol. The molecule has 0 aliphatic heterocycles. The van der Waals surface area contributed by atoms with Crippen LogP contribution in [-0.2, 0) is 0 Å². The molecule has 9 heteroatoms. The number of halogens is 1. The number of hydrogen-bond acceptors (Lipinski definition) is 5. The summed E-state index contributed by atoms with van der Waals surface area (Å²) in [5.74, 6) is 2.25. The first-order valence-electron chi connectivity index (χ1n) is 10.0. The van der Waals surface area contributed by atoms with Gasteiger partial charge in [-0.25, -0.2) is 4.98 Å². The number of rotatable bonds is 6. The Morgan fingerprint density at radius 3 is 2.29 bits per heavy atom. The highest BCUT2D eigenvalue weighted by Crippen LogP contribution is 2.33. The Kier molecular flexibility index (Phi) is 7.51. The fraction of sp³-hybridized carbons (Fsp3) is 0.120. The molecule has 0 unspecified atom stereocenters. The van der Waals surface area contributed by atoms with E-state index in [0.29, 0.717) is 22.5 Å². The van der Waals surface area contributed by atoms with Gasteiger partial charge >= 0.3 is 0 Å². The Labute approximate surface area is 202 Å². The molecule has 0 aliphatic carbocycles. The van der Waals surface area contributed by atoms with Crippen LogP contribution in [0.15, 0.2) is 54.7 Å². The van der Waals surface area contributed by atoms with Gasteiger partial charge in [-0.15, -0.1) is 6.42 Å². The quantitative estimate of drug-likeness (QED) is 0.282. The van der Waals surface area contributed by atoms with E-state index in [1.165, 1.54) is 25.4 Å². The van der Waals surface area contributed by atoms with Crippen molar-refractivity contribution in [2.75, 3.05) is 31.8 Å². The van der Waals surface area contributed by atoms with E-state index < -0.39 is 11.8 Å². The molecule has 0 bridgehead atoms. The zero-order valence-corrected chi connectivity index (χ0v) is 19.5. The number of methoxy groups -OCH3 is 1. The number of carbonyl (C=O) groups excluding carboxylic acids is 2. The Balaban J connectivity index is 1.89. The van der Waals surface area contributed by atoms with E-state index in [9.17, 15) is 9.59 Å². The minimum atomic E-state index is -0.549. The van der Waals surface area contributed by atoms with Gasteiger partial charge in [0, 0.05) is 48.1 Å². The molecule has 172 valence electrons. The van der Waals surface area contributed by atoms with Gasteiger partial charge in [-0.3, -0.25) is 15.0 Å². The van der Waals surface area contributed by atoms with Gasteiger partial charge in [-0.05, 0) is 30.3 Å². The number of terminal acetylenes is 1. The number of benzene rings is 2. The molecule has 0 saturated heterocycles. The van der Waals surface area contributed by atoms with Crippen molar-refractivity contribution >= 4 is 40.8 Å². The molecule has 1 aromatic heterocycles. The molecule has 34 heavy (non-hydrogen) atoms. The largest absolute Gasteiger partial charge is 0.494 e. The van der Waals surface area contributed by atoms with E-state index in [4.69, 9.17) is 28.2 Å². The normalized spacial score (nSPS) is 10.1. The SMILES string of the molecule is C#Cc1ccc(NC(=O)c2cc(Cl)cc(OC)c2NC(=O)c2ccc(C(=N)N(C)C)cc2)nc1. The summed E-state index contributed by atoms with van der Waals surface area (Å²) in [5.41, 5.74) is 1.81. The predicted molar refractivity (Wildman–Crippen MR) is 133 cm³/mol. The van der Waals surface area contributed by atoms with Crippen molar-refractivity contribution in [3.8, 4) is 18.1 Å². The zero-order chi connectivity index (χ0) is 24.8. The van der Waals surface area contributed by atoms with E-state index >= 15 is 0 Å². The molecule has 3 rings (SSSR count). The summed E-state index contributed by atoms with van der Waals surface area (Å²) in [6.07, 6.45) is 6.79. The lowest BCUT2D eigenvalue weighted by atomic mass is 10.1. The van der Waals surface area contributed by atoms with Crippen LogP contribution < -0.4 is 15.4 Å². The maximum absolute atomic E-state index is 13.0. The van der Waals surface area contributed by atoms with Gasteiger partial charge in [0.25, 0.3) is 11.8 Å². The molecule has 0 fully saturated rings. The molecule has 0 atom stereocenters. The summed E-state index contributed by atoms with van der Waals surface area (Å²) >= 11 is 6.18. The van der Waals surface area contributed by atoms with Gasteiger partial charge in [-0.1, -0.05) is 29.7 Å². The van der Waals surface area contributed by atoms with Crippen molar-refractivity contribution in [3.05, 3.63) is 82.0 Å². The van der Waals surface area contributed by atoms with Crippen molar-refractivity contribution in [3.63, 3.8) is 0 Å². The molecule has 0 radical (unpaired) electrons. The number of ether oxygens (including phenoxy) is 1. The van der Waals surface area contributed by atoms with Gasteiger partial charge in [0.15, 0.2) is 0 Å². The Bertz CT molecular complexity index is 1280. The first-order valence-corrected chi connectivity index (χ1v) is 10.4. The fourth-order valence-electron chi connectivity index (χ4n) is 3.01. The van der Waals surface area contributed by atoms with Gasteiger partial charge in [0.05, 0.1) is 18.4 Å². The smallest absolute Gasteiger partial charge is 0.259 e. The monoisotopic (exact) mass is 475 g/mol. The third-order valence-electron chi connectivity index (χ3n) is 4.81. The van der Waals surface area contributed by atoms with Crippen LogP contribution in [0.1, 0.15) is 31.8 Å². The van der Waals surface area contributed by atoms with Crippen molar-refractivity contribution in [1.82, 2.24) is 9.88 Å².